The highest BCUT2D eigenvalue weighted by Gasteiger charge is 2.51. The highest BCUT2D eigenvalue weighted by atomic mass is 127. The summed E-state index contributed by atoms with van der Waals surface area (Å²) in [6, 6.07) is 16.6. The number of piperazine rings is 1. The summed E-state index contributed by atoms with van der Waals surface area (Å²) < 4.78 is 54.2. The van der Waals surface area contributed by atoms with Gasteiger partial charge in [0.05, 0.1) is 28.6 Å². The van der Waals surface area contributed by atoms with Crippen molar-refractivity contribution >= 4 is 64.3 Å². The van der Waals surface area contributed by atoms with E-state index in [4.69, 9.17) is 29.2 Å². The van der Waals surface area contributed by atoms with Crippen molar-refractivity contribution in [3.63, 3.8) is 0 Å². The fourth-order valence-corrected chi connectivity index (χ4v) is 17.7. The Morgan fingerprint density at radius 2 is 1.67 bits per heavy atom. The summed E-state index contributed by atoms with van der Waals surface area (Å²) in [6.07, 6.45) is 5.65. The second kappa shape index (κ2) is 18.4. The lowest BCUT2D eigenvalue weighted by Crippen LogP contribution is -2.57. The number of carbonyl (C=O) groups is 1. The predicted molar refractivity (Wildman–Crippen MR) is 272 cm³/mol. The standard InChI is InChI=1S/C53H63F2IN6O4Si/c1-32(2)67(33(3)4,34(5)6)24-21-41-44(54)20-17-35-13-10-16-42(45(35)41)47-46(55)48-43(27-57-47)49(60-28-37-18-19-38(29-60)62(37)51(63)66-52(7,8)9)59-50(58-48)64-31-53-22-12-23-61(53)30-40(26-53)65-39-15-11-14-36(56)25-39/h10-11,13-17,20,25,27,32-34,37-38,40H,12,18-19,22-23,26,28-31H2,1-9H3/t37-,38+,40-,53+/m1/s1. The number of carbonyl (C=O) groups excluding carboxylic acids is 1. The van der Waals surface area contributed by atoms with Crippen LogP contribution in [0.25, 0.3) is 32.9 Å². The number of aromatic nitrogens is 3. The van der Waals surface area contributed by atoms with Crippen LogP contribution in [-0.2, 0) is 4.74 Å². The number of rotatable bonds is 10. The Hall–Kier alpha value is -4.59. The molecule has 6 heterocycles. The quantitative estimate of drug-likeness (QED) is 0.0770. The number of benzene rings is 3. The molecule has 9 rings (SSSR count). The summed E-state index contributed by atoms with van der Waals surface area (Å²) >= 11 is 2.30. The fourth-order valence-electron chi connectivity index (χ4n) is 12.0. The van der Waals surface area contributed by atoms with Gasteiger partial charge in [0.25, 0.3) is 0 Å². The van der Waals surface area contributed by atoms with Crippen molar-refractivity contribution in [3.8, 4) is 34.5 Å². The predicted octanol–water partition coefficient (Wildman–Crippen LogP) is 12.0. The Bertz CT molecular complexity index is 2740. The molecule has 354 valence electrons. The van der Waals surface area contributed by atoms with Crippen molar-refractivity contribution in [2.45, 2.75) is 140 Å². The van der Waals surface area contributed by atoms with Gasteiger partial charge >= 0.3 is 12.1 Å². The molecule has 2 bridgehead atoms. The third kappa shape index (κ3) is 8.97. The van der Waals surface area contributed by atoms with Gasteiger partial charge in [-0.2, -0.15) is 9.97 Å². The molecule has 4 atom stereocenters. The number of nitrogens with zero attached hydrogens (tertiary/aromatic N) is 6. The molecule has 0 saturated carbocycles. The topological polar surface area (TPSA) is 93.2 Å². The molecule has 67 heavy (non-hydrogen) atoms. The Balaban J connectivity index is 1.13. The van der Waals surface area contributed by atoms with Crippen LogP contribution in [0.1, 0.15) is 100.0 Å². The molecule has 4 saturated heterocycles. The van der Waals surface area contributed by atoms with Gasteiger partial charge in [0.1, 0.15) is 55.0 Å². The van der Waals surface area contributed by atoms with Crippen molar-refractivity contribution in [1.29, 1.82) is 0 Å². The highest BCUT2D eigenvalue weighted by molar-refractivity contribution is 14.1. The number of hydrogen-bond donors (Lipinski definition) is 0. The number of halogens is 3. The molecule has 0 aliphatic carbocycles. The first-order chi connectivity index (χ1) is 31.9. The van der Waals surface area contributed by atoms with Crippen LogP contribution in [-0.4, -0.2) is 101 Å². The molecule has 0 spiro atoms. The van der Waals surface area contributed by atoms with Crippen molar-refractivity contribution in [1.82, 2.24) is 24.8 Å². The first-order valence-corrected chi connectivity index (χ1v) is 27.4. The van der Waals surface area contributed by atoms with E-state index in [0.717, 1.165) is 59.9 Å². The van der Waals surface area contributed by atoms with E-state index in [1.807, 2.05) is 49.9 Å². The van der Waals surface area contributed by atoms with Gasteiger partial charge in [-0.05, 0) is 122 Å². The number of hydrogen-bond acceptors (Lipinski definition) is 9. The van der Waals surface area contributed by atoms with Crippen molar-refractivity contribution in [2.24, 2.45) is 0 Å². The zero-order valence-corrected chi connectivity index (χ0v) is 43.4. The zero-order valence-electron chi connectivity index (χ0n) is 40.3. The first kappa shape index (κ1) is 47.5. The summed E-state index contributed by atoms with van der Waals surface area (Å²) in [5, 5.41) is 1.69. The Labute approximate surface area is 408 Å². The van der Waals surface area contributed by atoms with Crippen LogP contribution in [0.15, 0.2) is 60.8 Å². The first-order valence-electron chi connectivity index (χ1n) is 24.0. The minimum absolute atomic E-state index is 0.0157. The number of anilines is 1. The molecule has 4 aliphatic heterocycles. The molecule has 10 nitrogen and oxygen atoms in total. The lowest BCUT2D eigenvalue weighted by molar-refractivity contribution is 0.0122. The fraction of sp³-hybridized carbons (Fsp3) is 0.509. The van der Waals surface area contributed by atoms with Crippen LogP contribution in [0, 0.1) is 26.7 Å². The van der Waals surface area contributed by atoms with Crippen molar-refractivity contribution in [2.75, 3.05) is 37.7 Å². The van der Waals surface area contributed by atoms with Gasteiger partial charge in [0, 0.05) is 46.8 Å². The molecule has 1 amide bonds. The molecule has 0 N–H and O–H groups in total. The number of pyridine rings is 1. The maximum atomic E-state index is 17.8. The van der Waals surface area contributed by atoms with Crippen molar-refractivity contribution < 1.29 is 27.8 Å². The zero-order chi connectivity index (χ0) is 47.6. The van der Waals surface area contributed by atoms with E-state index in [2.05, 4.69) is 97.5 Å². The molecule has 14 heteroatoms. The molecule has 4 aliphatic rings. The second-order valence-electron chi connectivity index (χ2n) is 21.1. The largest absolute Gasteiger partial charge is 0.489 e. The third-order valence-corrected chi connectivity index (χ3v) is 21.9. The van der Waals surface area contributed by atoms with Gasteiger partial charge in [0.2, 0.25) is 0 Å². The van der Waals surface area contributed by atoms with Gasteiger partial charge in [-0.3, -0.25) is 14.8 Å². The van der Waals surface area contributed by atoms with Crippen LogP contribution in [0.3, 0.4) is 0 Å². The van der Waals surface area contributed by atoms with Gasteiger partial charge in [-0.1, -0.05) is 77.8 Å². The molecule has 5 aromatic rings. The lowest BCUT2D eigenvalue weighted by atomic mass is 9.94. The van der Waals surface area contributed by atoms with Gasteiger partial charge in [0.15, 0.2) is 5.82 Å². The van der Waals surface area contributed by atoms with Gasteiger partial charge in [-0.25, -0.2) is 13.6 Å². The van der Waals surface area contributed by atoms with E-state index in [-0.39, 0.29) is 52.6 Å². The number of ether oxygens (including phenoxy) is 3. The van der Waals surface area contributed by atoms with Crippen LogP contribution in [0.5, 0.6) is 11.8 Å². The summed E-state index contributed by atoms with van der Waals surface area (Å²) in [5.41, 5.74) is 4.60. The molecule has 0 radical (unpaired) electrons. The molecule has 2 aromatic heterocycles. The average molecular weight is 1040 g/mol. The minimum Gasteiger partial charge on any atom is -0.489 e. The van der Waals surface area contributed by atoms with Crippen LogP contribution in [0.4, 0.5) is 19.4 Å². The SMILES string of the molecule is CC(C)[Si](C#Cc1c(F)ccc2cccc(-c3ncc4c(N5C[C@H]6CC[C@@H](C5)N6C(=O)OC(C)(C)C)nc(OC[C@@]56CCCN5C[C@H](Oc5cccc(I)c5)C6)nc4c3F)c12)(C(C)C)C(C)C. The number of amides is 1. The summed E-state index contributed by atoms with van der Waals surface area (Å²) in [4.78, 5) is 34.7. The van der Waals surface area contributed by atoms with E-state index in [1.54, 1.807) is 18.3 Å². The Kier molecular flexibility index (Phi) is 13.0. The van der Waals surface area contributed by atoms with Crippen LogP contribution < -0.4 is 14.4 Å². The second-order valence-corrected chi connectivity index (χ2v) is 28.0. The maximum Gasteiger partial charge on any atom is 0.410 e. The van der Waals surface area contributed by atoms with E-state index in [0.29, 0.717) is 58.5 Å². The molecule has 3 aromatic carbocycles. The lowest BCUT2D eigenvalue weighted by Gasteiger charge is -2.42. The third-order valence-electron chi connectivity index (χ3n) is 14.9. The van der Waals surface area contributed by atoms with Crippen LogP contribution >= 0.6 is 22.6 Å². The summed E-state index contributed by atoms with van der Waals surface area (Å²) in [6.45, 7) is 22.0. The highest BCUT2D eigenvalue weighted by Crippen LogP contribution is 2.44. The van der Waals surface area contributed by atoms with Gasteiger partial charge < -0.3 is 19.1 Å². The minimum atomic E-state index is -2.26. The molecule has 0 unspecified atom stereocenters. The Morgan fingerprint density at radius 3 is 2.36 bits per heavy atom. The Morgan fingerprint density at radius 1 is 0.955 bits per heavy atom. The maximum absolute atomic E-state index is 17.8. The normalized spacial score (nSPS) is 22.0. The van der Waals surface area contributed by atoms with Crippen LogP contribution in [0.2, 0.25) is 16.6 Å². The smallest absolute Gasteiger partial charge is 0.410 e. The number of fused-ring (bicyclic) bond motifs is 5. The van der Waals surface area contributed by atoms with E-state index < -0.39 is 25.3 Å². The van der Waals surface area contributed by atoms with E-state index in [9.17, 15) is 4.79 Å². The summed E-state index contributed by atoms with van der Waals surface area (Å²) in [5.74, 6) is 3.61. The average Bonchev–Trinajstić information content (AvgIpc) is 3.90. The molecular formula is C53H63F2IN6O4Si. The van der Waals surface area contributed by atoms with Crippen molar-refractivity contribution in [3.05, 3.63) is 81.6 Å². The molecule has 4 fully saturated rings. The van der Waals surface area contributed by atoms with E-state index >= 15 is 8.78 Å². The van der Waals surface area contributed by atoms with Gasteiger partial charge in [-0.15, -0.1) is 5.54 Å². The molecular weight excluding hydrogens is 978 g/mol. The monoisotopic (exact) mass is 1040 g/mol. The summed E-state index contributed by atoms with van der Waals surface area (Å²) in [7, 11) is -2.26. The van der Waals surface area contributed by atoms with E-state index in [1.165, 1.54) is 6.07 Å².